The zero-order valence-corrected chi connectivity index (χ0v) is 11.1. The van der Waals surface area contributed by atoms with Gasteiger partial charge in [-0.3, -0.25) is 4.57 Å². The lowest BCUT2D eigenvalue weighted by Crippen LogP contribution is -2.07. The molecule has 0 aliphatic rings. The van der Waals surface area contributed by atoms with Crippen molar-refractivity contribution < 1.29 is 0 Å². The monoisotopic (exact) mass is 245 g/mol. The van der Waals surface area contributed by atoms with Crippen molar-refractivity contribution in [2.45, 2.75) is 27.3 Å². The van der Waals surface area contributed by atoms with Gasteiger partial charge < -0.3 is 11.1 Å². The molecule has 2 aromatic rings. The van der Waals surface area contributed by atoms with E-state index in [1.165, 1.54) is 0 Å². The molecule has 0 aliphatic carbocycles. The van der Waals surface area contributed by atoms with Crippen LogP contribution in [0.2, 0.25) is 0 Å². The Bertz CT molecular complexity index is 524. The summed E-state index contributed by atoms with van der Waals surface area (Å²) in [6.45, 7) is 7.77. The first-order chi connectivity index (χ1) is 8.69. The average molecular weight is 245 g/mol. The summed E-state index contributed by atoms with van der Waals surface area (Å²) in [4.78, 5) is 0. The van der Waals surface area contributed by atoms with Gasteiger partial charge in [0.1, 0.15) is 0 Å². The highest BCUT2D eigenvalue weighted by Gasteiger charge is 2.15. The number of nitrogens with one attached hydrogen (secondary N) is 1. The van der Waals surface area contributed by atoms with Crippen LogP contribution in [0.25, 0.3) is 11.4 Å². The van der Waals surface area contributed by atoms with E-state index in [-0.39, 0.29) is 0 Å². The number of rotatable bonds is 4. The second-order valence-corrected chi connectivity index (χ2v) is 4.16. The molecule has 2 rings (SSSR count). The summed E-state index contributed by atoms with van der Waals surface area (Å²) in [6, 6.07) is 5.88. The molecule has 0 saturated carbocycles. The van der Waals surface area contributed by atoms with Crippen molar-refractivity contribution in [2.24, 2.45) is 0 Å². The number of hydrogen-bond donors (Lipinski definition) is 2. The van der Waals surface area contributed by atoms with Gasteiger partial charge in [-0.05, 0) is 32.4 Å². The van der Waals surface area contributed by atoms with Gasteiger partial charge in [0.15, 0.2) is 5.82 Å². The fourth-order valence-electron chi connectivity index (χ4n) is 2.07. The largest absolute Gasteiger partial charge is 0.398 e. The minimum absolute atomic E-state index is 0.736. The van der Waals surface area contributed by atoms with Crippen molar-refractivity contribution in [3.05, 3.63) is 23.8 Å². The third-order valence-electron chi connectivity index (χ3n) is 2.93. The average Bonchev–Trinajstić information content (AvgIpc) is 2.72. The van der Waals surface area contributed by atoms with Crippen LogP contribution in [0.3, 0.4) is 0 Å². The lowest BCUT2D eigenvalue weighted by atomic mass is 10.1. The molecule has 0 bridgehead atoms. The first-order valence-electron chi connectivity index (χ1n) is 6.21. The first kappa shape index (κ1) is 12.4. The quantitative estimate of drug-likeness (QED) is 0.811. The molecule has 1 heterocycles. The van der Waals surface area contributed by atoms with Crippen molar-refractivity contribution in [1.29, 1.82) is 0 Å². The second kappa shape index (κ2) is 5.08. The third-order valence-corrected chi connectivity index (χ3v) is 2.93. The third kappa shape index (κ3) is 2.03. The lowest BCUT2D eigenvalue weighted by molar-refractivity contribution is 0.770. The molecule has 0 atom stereocenters. The molecule has 0 aliphatic heterocycles. The SMILES string of the molecule is CCNc1nnc(-c2c(C)cccc2N)n1CC. The van der Waals surface area contributed by atoms with Crippen molar-refractivity contribution in [3.8, 4) is 11.4 Å². The molecule has 0 radical (unpaired) electrons. The van der Waals surface area contributed by atoms with Crippen molar-refractivity contribution in [1.82, 2.24) is 14.8 Å². The van der Waals surface area contributed by atoms with Crippen LogP contribution in [-0.2, 0) is 6.54 Å². The maximum Gasteiger partial charge on any atom is 0.224 e. The molecular weight excluding hydrogens is 226 g/mol. The molecule has 18 heavy (non-hydrogen) atoms. The van der Waals surface area contributed by atoms with E-state index in [9.17, 15) is 0 Å². The van der Waals surface area contributed by atoms with Gasteiger partial charge in [0.25, 0.3) is 0 Å². The van der Waals surface area contributed by atoms with E-state index >= 15 is 0 Å². The maximum atomic E-state index is 6.06. The van der Waals surface area contributed by atoms with E-state index in [0.29, 0.717) is 0 Å². The molecule has 5 heteroatoms. The molecule has 3 N–H and O–H groups in total. The summed E-state index contributed by atoms with van der Waals surface area (Å²) in [5, 5.41) is 11.7. The van der Waals surface area contributed by atoms with Crippen molar-refractivity contribution in [2.75, 3.05) is 17.6 Å². The van der Waals surface area contributed by atoms with E-state index in [4.69, 9.17) is 5.73 Å². The number of hydrogen-bond acceptors (Lipinski definition) is 4. The molecule has 1 aromatic heterocycles. The minimum Gasteiger partial charge on any atom is -0.398 e. The van der Waals surface area contributed by atoms with Gasteiger partial charge in [0, 0.05) is 24.3 Å². The van der Waals surface area contributed by atoms with Gasteiger partial charge in [0.05, 0.1) is 0 Å². The molecule has 5 nitrogen and oxygen atoms in total. The molecule has 0 unspecified atom stereocenters. The molecule has 0 fully saturated rings. The van der Waals surface area contributed by atoms with Crippen molar-refractivity contribution in [3.63, 3.8) is 0 Å². The van der Waals surface area contributed by atoms with Crippen LogP contribution < -0.4 is 11.1 Å². The summed E-state index contributed by atoms with van der Waals surface area (Å²) in [7, 11) is 0. The lowest BCUT2D eigenvalue weighted by Gasteiger charge is -2.11. The number of aryl methyl sites for hydroxylation is 1. The Morgan fingerprint density at radius 1 is 1.28 bits per heavy atom. The number of benzene rings is 1. The summed E-state index contributed by atoms with van der Waals surface area (Å²) >= 11 is 0. The summed E-state index contributed by atoms with van der Waals surface area (Å²) in [5.41, 5.74) is 8.87. The zero-order chi connectivity index (χ0) is 13.1. The van der Waals surface area contributed by atoms with Gasteiger partial charge in [-0.25, -0.2) is 0 Å². The van der Waals surface area contributed by atoms with Crippen molar-refractivity contribution >= 4 is 11.6 Å². The van der Waals surface area contributed by atoms with Crippen LogP contribution in [0.15, 0.2) is 18.2 Å². The second-order valence-electron chi connectivity index (χ2n) is 4.16. The predicted molar refractivity (Wildman–Crippen MR) is 74.4 cm³/mol. The fourth-order valence-corrected chi connectivity index (χ4v) is 2.07. The van der Waals surface area contributed by atoms with E-state index in [2.05, 4.69) is 22.4 Å². The van der Waals surface area contributed by atoms with Gasteiger partial charge in [-0.2, -0.15) is 0 Å². The van der Waals surface area contributed by atoms with E-state index < -0.39 is 0 Å². The number of nitrogen functional groups attached to an aromatic ring is 1. The number of aromatic nitrogens is 3. The summed E-state index contributed by atoms with van der Waals surface area (Å²) in [6.07, 6.45) is 0. The minimum atomic E-state index is 0.736. The normalized spacial score (nSPS) is 10.6. The van der Waals surface area contributed by atoms with Crippen LogP contribution in [-0.4, -0.2) is 21.3 Å². The highest BCUT2D eigenvalue weighted by Crippen LogP contribution is 2.29. The van der Waals surface area contributed by atoms with Gasteiger partial charge in [0.2, 0.25) is 5.95 Å². The highest BCUT2D eigenvalue weighted by molar-refractivity contribution is 5.75. The highest BCUT2D eigenvalue weighted by atomic mass is 15.3. The van der Waals surface area contributed by atoms with Gasteiger partial charge in [-0.15, -0.1) is 10.2 Å². The number of nitrogens with two attached hydrogens (primary N) is 1. The van der Waals surface area contributed by atoms with Crippen LogP contribution in [0.1, 0.15) is 19.4 Å². The Morgan fingerprint density at radius 2 is 2.06 bits per heavy atom. The number of anilines is 2. The molecule has 0 amide bonds. The standard InChI is InChI=1S/C13H19N5/c1-4-15-13-17-16-12(18(13)5-2)11-9(3)7-6-8-10(11)14/h6-8H,4-5,14H2,1-3H3,(H,15,17). The first-order valence-corrected chi connectivity index (χ1v) is 6.21. The molecular formula is C13H19N5. The Hall–Kier alpha value is -2.04. The smallest absolute Gasteiger partial charge is 0.224 e. The summed E-state index contributed by atoms with van der Waals surface area (Å²) in [5.74, 6) is 1.61. The van der Waals surface area contributed by atoms with Crippen LogP contribution >= 0.6 is 0 Å². The van der Waals surface area contributed by atoms with Crippen LogP contribution in [0.4, 0.5) is 11.6 Å². The molecule has 0 spiro atoms. The van der Waals surface area contributed by atoms with Gasteiger partial charge in [-0.1, -0.05) is 12.1 Å². The molecule has 1 aromatic carbocycles. The topological polar surface area (TPSA) is 68.8 Å². The Morgan fingerprint density at radius 3 is 2.67 bits per heavy atom. The maximum absolute atomic E-state index is 6.06. The molecule has 96 valence electrons. The Labute approximate surface area is 107 Å². The van der Waals surface area contributed by atoms with Crippen LogP contribution in [0.5, 0.6) is 0 Å². The van der Waals surface area contributed by atoms with E-state index in [1.54, 1.807) is 0 Å². The van der Waals surface area contributed by atoms with E-state index in [1.807, 2.05) is 36.6 Å². The van der Waals surface area contributed by atoms with Crippen LogP contribution in [0, 0.1) is 6.92 Å². The Balaban J connectivity index is 2.57. The predicted octanol–water partition coefficient (Wildman–Crippen LogP) is 2.29. The fraction of sp³-hybridized carbons (Fsp3) is 0.385. The van der Waals surface area contributed by atoms with Gasteiger partial charge >= 0.3 is 0 Å². The number of nitrogens with zero attached hydrogens (tertiary/aromatic N) is 3. The zero-order valence-electron chi connectivity index (χ0n) is 11.1. The Kier molecular flexibility index (Phi) is 3.50. The van der Waals surface area contributed by atoms with E-state index in [0.717, 1.165) is 41.7 Å². The molecule has 0 saturated heterocycles. The summed E-state index contributed by atoms with van der Waals surface area (Å²) < 4.78 is 2.04.